The van der Waals surface area contributed by atoms with E-state index in [1.807, 2.05) is 20.8 Å². The maximum absolute atomic E-state index is 5.66. The lowest BCUT2D eigenvalue weighted by molar-refractivity contribution is 0.370. The lowest BCUT2D eigenvalue weighted by Gasteiger charge is -1.96. The van der Waals surface area contributed by atoms with Gasteiger partial charge in [-0.25, -0.2) is 0 Å². The van der Waals surface area contributed by atoms with Gasteiger partial charge in [-0.1, -0.05) is 10.3 Å². The summed E-state index contributed by atoms with van der Waals surface area (Å²) in [5, 5.41) is 7.71. The molecule has 0 radical (unpaired) electrons. The highest BCUT2D eigenvalue weighted by atomic mass is 16.5. The van der Waals surface area contributed by atoms with Gasteiger partial charge >= 0.3 is 0 Å². The normalized spacial score (nSPS) is 12.9. The highest BCUT2D eigenvalue weighted by molar-refractivity contribution is 5.21. The second kappa shape index (κ2) is 4.67. The van der Waals surface area contributed by atoms with E-state index in [2.05, 4.69) is 15.3 Å². The molecule has 0 saturated heterocycles. The number of nitrogens with two attached hydrogens (primary N) is 1. The molecular weight excluding hydrogens is 220 g/mol. The Labute approximate surface area is 99.2 Å². The summed E-state index contributed by atoms with van der Waals surface area (Å²) in [6.45, 7) is 5.65. The van der Waals surface area contributed by atoms with Crippen LogP contribution in [0.25, 0.3) is 0 Å². The fraction of sp³-hybridized carbons (Fsp3) is 0.545. The third kappa shape index (κ3) is 2.52. The van der Waals surface area contributed by atoms with Gasteiger partial charge in [0.2, 0.25) is 5.89 Å². The molecule has 0 saturated carbocycles. The van der Waals surface area contributed by atoms with Crippen LogP contribution in [-0.2, 0) is 12.8 Å². The first kappa shape index (κ1) is 11.8. The SMILES string of the molecule is Cc1noc(C)c1CCc1nc(C(C)N)no1. The Morgan fingerprint density at radius 3 is 2.47 bits per heavy atom. The second-order valence-corrected chi connectivity index (χ2v) is 4.14. The molecule has 0 bridgehead atoms. The predicted molar refractivity (Wildman–Crippen MR) is 60.3 cm³/mol. The molecule has 0 amide bonds. The van der Waals surface area contributed by atoms with E-state index in [-0.39, 0.29) is 6.04 Å². The number of hydrogen-bond acceptors (Lipinski definition) is 6. The summed E-state index contributed by atoms with van der Waals surface area (Å²) < 4.78 is 10.2. The van der Waals surface area contributed by atoms with E-state index in [9.17, 15) is 0 Å². The Bertz CT molecular complexity index is 482. The van der Waals surface area contributed by atoms with E-state index in [0.717, 1.165) is 23.4 Å². The second-order valence-electron chi connectivity index (χ2n) is 4.14. The third-order valence-electron chi connectivity index (χ3n) is 2.66. The zero-order valence-corrected chi connectivity index (χ0v) is 10.2. The van der Waals surface area contributed by atoms with Crippen molar-refractivity contribution in [2.75, 3.05) is 0 Å². The number of aromatic nitrogens is 3. The third-order valence-corrected chi connectivity index (χ3v) is 2.66. The Hall–Kier alpha value is -1.69. The maximum Gasteiger partial charge on any atom is 0.227 e. The van der Waals surface area contributed by atoms with E-state index < -0.39 is 0 Å². The Morgan fingerprint density at radius 2 is 1.94 bits per heavy atom. The highest BCUT2D eigenvalue weighted by Gasteiger charge is 2.13. The minimum atomic E-state index is -0.202. The van der Waals surface area contributed by atoms with Gasteiger partial charge in [0, 0.05) is 12.0 Å². The molecule has 0 aliphatic carbocycles. The van der Waals surface area contributed by atoms with Crippen LogP contribution in [0.2, 0.25) is 0 Å². The zero-order chi connectivity index (χ0) is 12.4. The van der Waals surface area contributed by atoms with Gasteiger partial charge in [-0.05, 0) is 27.2 Å². The average molecular weight is 236 g/mol. The molecule has 0 fully saturated rings. The molecule has 0 aliphatic heterocycles. The molecule has 2 aromatic heterocycles. The lowest BCUT2D eigenvalue weighted by Crippen LogP contribution is -2.07. The first-order valence-electron chi connectivity index (χ1n) is 5.57. The van der Waals surface area contributed by atoms with Crippen LogP contribution in [0.4, 0.5) is 0 Å². The van der Waals surface area contributed by atoms with Crippen molar-refractivity contribution in [3.8, 4) is 0 Å². The summed E-state index contributed by atoms with van der Waals surface area (Å²) >= 11 is 0. The first-order chi connectivity index (χ1) is 8.08. The molecule has 1 unspecified atom stereocenters. The minimum absolute atomic E-state index is 0.202. The Kier molecular flexibility index (Phi) is 3.23. The van der Waals surface area contributed by atoms with Crippen molar-refractivity contribution in [1.82, 2.24) is 15.3 Å². The molecular formula is C11H16N4O2. The van der Waals surface area contributed by atoms with Crippen LogP contribution in [0.5, 0.6) is 0 Å². The quantitative estimate of drug-likeness (QED) is 0.864. The molecule has 0 aromatic carbocycles. The van der Waals surface area contributed by atoms with Crippen LogP contribution in [0, 0.1) is 13.8 Å². The van der Waals surface area contributed by atoms with Gasteiger partial charge in [0.1, 0.15) is 5.76 Å². The summed E-state index contributed by atoms with van der Waals surface area (Å²) in [5.74, 6) is 1.98. The van der Waals surface area contributed by atoms with Crippen molar-refractivity contribution in [2.24, 2.45) is 5.73 Å². The van der Waals surface area contributed by atoms with E-state index in [1.165, 1.54) is 0 Å². The lowest BCUT2D eigenvalue weighted by atomic mass is 10.1. The average Bonchev–Trinajstić information content (AvgIpc) is 2.85. The van der Waals surface area contributed by atoms with Crippen LogP contribution in [-0.4, -0.2) is 15.3 Å². The van der Waals surface area contributed by atoms with Gasteiger partial charge in [0.25, 0.3) is 0 Å². The zero-order valence-electron chi connectivity index (χ0n) is 10.2. The van der Waals surface area contributed by atoms with Crippen molar-refractivity contribution >= 4 is 0 Å². The van der Waals surface area contributed by atoms with Gasteiger partial charge in [-0.15, -0.1) is 0 Å². The van der Waals surface area contributed by atoms with Gasteiger partial charge in [0.05, 0.1) is 11.7 Å². The molecule has 1 atom stereocenters. The van der Waals surface area contributed by atoms with Crippen LogP contribution < -0.4 is 5.73 Å². The topological polar surface area (TPSA) is 91.0 Å². The van der Waals surface area contributed by atoms with Crippen LogP contribution in [0.3, 0.4) is 0 Å². The predicted octanol–water partition coefficient (Wildman–Crippen LogP) is 1.48. The van der Waals surface area contributed by atoms with Crippen molar-refractivity contribution in [2.45, 2.75) is 39.7 Å². The first-order valence-corrected chi connectivity index (χ1v) is 5.57. The minimum Gasteiger partial charge on any atom is -0.361 e. The molecule has 2 heterocycles. The largest absolute Gasteiger partial charge is 0.361 e. The standard InChI is InChI=1S/C11H16N4O2/c1-6(12)11-13-10(17-15-11)5-4-9-7(2)14-16-8(9)3/h6H,4-5,12H2,1-3H3. The Balaban J connectivity index is 2.02. The molecule has 0 spiro atoms. The van der Waals surface area contributed by atoms with E-state index in [0.29, 0.717) is 18.1 Å². The van der Waals surface area contributed by atoms with E-state index in [1.54, 1.807) is 0 Å². The monoisotopic (exact) mass is 236 g/mol. The summed E-state index contributed by atoms with van der Waals surface area (Å²) in [5.41, 5.74) is 7.67. The van der Waals surface area contributed by atoms with Crippen LogP contribution in [0.1, 0.15) is 41.7 Å². The number of aryl methyl sites for hydroxylation is 3. The maximum atomic E-state index is 5.66. The smallest absolute Gasteiger partial charge is 0.227 e. The Morgan fingerprint density at radius 1 is 1.18 bits per heavy atom. The fourth-order valence-electron chi connectivity index (χ4n) is 1.65. The molecule has 17 heavy (non-hydrogen) atoms. The van der Waals surface area contributed by atoms with Gasteiger partial charge in [-0.2, -0.15) is 4.98 Å². The molecule has 6 heteroatoms. The van der Waals surface area contributed by atoms with Crippen molar-refractivity contribution in [3.63, 3.8) is 0 Å². The summed E-state index contributed by atoms with van der Waals surface area (Å²) in [6.07, 6.45) is 1.45. The van der Waals surface area contributed by atoms with Gasteiger partial charge in [-0.3, -0.25) is 0 Å². The molecule has 2 rings (SSSR count). The molecule has 2 N–H and O–H groups in total. The molecule has 2 aromatic rings. The number of rotatable bonds is 4. The molecule has 0 aliphatic rings. The van der Waals surface area contributed by atoms with Gasteiger partial charge in [0.15, 0.2) is 5.82 Å². The van der Waals surface area contributed by atoms with E-state index in [4.69, 9.17) is 14.8 Å². The van der Waals surface area contributed by atoms with Crippen LogP contribution in [0.15, 0.2) is 9.05 Å². The van der Waals surface area contributed by atoms with Crippen molar-refractivity contribution in [3.05, 3.63) is 28.7 Å². The highest BCUT2D eigenvalue weighted by Crippen LogP contribution is 2.15. The van der Waals surface area contributed by atoms with Gasteiger partial charge < -0.3 is 14.8 Å². The van der Waals surface area contributed by atoms with Crippen molar-refractivity contribution in [1.29, 1.82) is 0 Å². The van der Waals surface area contributed by atoms with Crippen molar-refractivity contribution < 1.29 is 9.05 Å². The summed E-state index contributed by atoms with van der Waals surface area (Å²) in [6, 6.07) is -0.202. The fourth-order valence-corrected chi connectivity index (χ4v) is 1.65. The number of nitrogens with zero attached hydrogens (tertiary/aromatic N) is 3. The molecule has 92 valence electrons. The number of hydrogen-bond donors (Lipinski definition) is 1. The van der Waals surface area contributed by atoms with E-state index >= 15 is 0 Å². The summed E-state index contributed by atoms with van der Waals surface area (Å²) in [4.78, 5) is 4.21. The van der Waals surface area contributed by atoms with Crippen LogP contribution >= 0.6 is 0 Å². The molecule has 6 nitrogen and oxygen atoms in total. The summed E-state index contributed by atoms with van der Waals surface area (Å²) in [7, 11) is 0.